The normalized spacial score (nSPS) is 11.4. The van der Waals surface area contributed by atoms with Gasteiger partial charge in [-0.1, -0.05) is 47.9 Å². The molecule has 3 rings (SSSR count). The summed E-state index contributed by atoms with van der Waals surface area (Å²) in [6.07, 6.45) is 0. The van der Waals surface area contributed by atoms with Crippen LogP contribution in [0.25, 0.3) is 10.8 Å². The van der Waals surface area contributed by atoms with Gasteiger partial charge >= 0.3 is 0 Å². The van der Waals surface area contributed by atoms with Gasteiger partial charge in [0, 0.05) is 11.1 Å². The van der Waals surface area contributed by atoms with E-state index in [0.29, 0.717) is 11.1 Å². The van der Waals surface area contributed by atoms with Gasteiger partial charge < -0.3 is 5.11 Å². The molecule has 0 aliphatic rings. The van der Waals surface area contributed by atoms with E-state index in [4.69, 9.17) is 5.11 Å². The maximum atomic E-state index is 13.8. The maximum Gasteiger partial charge on any atom is 0.200 e. The Morgan fingerprint density at radius 1 is 0.767 bits per heavy atom. The third kappa shape index (κ3) is 4.20. The molecular weight excluding hydrogens is 423 g/mol. The zero-order valence-corrected chi connectivity index (χ0v) is 15.8. The summed E-state index contributed by atoms with van der Waals surface area (Å²) in [6.45, 7) is -0.385. The Kier molecular flexibility index (Phi) is 6.51. The van der Waals surface area contributed by atoms with Crippen molar-refractivity contribution in [1.82, 2.24) is 0 Å². The van der Waals surface area contributed by atoms with Crippen molar-refractivity contribution in [2.24, 2.45) is 0 Å². The Morgan fingerprint density at radius 3 is 1.73 bits per heavy atom. The first-order valence-corrected chi connectivity index (χ1v) is 9.68. The molecule has 0 fully saturated rings. The Morgan fingerprint density at radius 2 is 1.23 bits per heavy atom. The zero-order valence-electron chi connectivity index (χ0n) is 15.0. The van der Waals surface area contributed by atoms with Crippen molar-refractivity contribution >= 4 is 21.6 Å². The second kappa shape index (κ2) is 9.08. The molecule has 3 aromatic carbocycles. The van der Waals surface area contributed by atoms with E-state index in [1.54, 1.807) is 18.2 Å². The Hall–Kier alpha value is -3.20. The Balaban J connectivity index is 1.98. The van der Waals surface area contributed by atoms with Crippen molar-refractivity contribution in [3.8, 4) is 23.7 Å². The average Bonchev–Trinajstić information content (AvgIpc) is 2.74. The smallest absolute Gasteiger partial charge is 0.200 e. The van der Waals surface area contributed by atoms with Gasteiger partial charge in [0.05, 0.1) is 16.6 Å². The fourth-order valence-electron chi connectivity index (χ4n) is 2.64. The van der Waals surface area contributed by atoms with Crippen molar-refractivity contribution in [3.05, 3.63) is 76.6 Å². The van der Waals surface area contributed by atoms with Gasteiger partial charge in [-0.25, -0.2) is 22.0 Å². The molecule has 0 saturated heterocycles. The lowest BCUT2D eigenvalue weighted by atomic mass is 10.0. The van der Waals surface area contributed by atoms with Crippen molar-refractivity contribution in [1.29, 1.82) is 0 Å². The number of hydrogen-bond acceptors (Lipinski definition) is 2. The van der Waals surface area contributed by atoms with E-state index in [1.165, 1.54) is 0 Å². The summed E-state index contributed by atoms with van der Waals surface area (Å²) in [5, 5.41) is 10.6. The fraction of sp³-hybridized carbons (Fsp3) is 0.0909. The van der Waals surface area contributed by atoms with Gasteiger partial charge in [0.25, 0.3) is 0 Å². The number of aliphatic hydroxyl groups excluding tert-OH is 1. The van der Waals surface area contributed by atoms with Crippen LogP contribution < -0.4 is 0 Å². The molecule has 1 N–H and O–H groups in total. The van der Waals surface area contributed by atoms with Gasteiger partial charge in [-0.3, -0.25) is 4.21 Å². The molecule has 30 heavy (non-hydrogen) atoms. The molecule has 3 aromatic rings. The summed E-state index contributed by atoms with van der Waals surface area (Å²) in [5.41, 5.74) is 0.848. The van der Waals surface area contributed by atoms with E-state index in [1.807, 2.05) is 18.2 Å². The first-order chi connectivity index (χ1) is 14.3. The molecule has 0 aliphatic heterocycles. The van der Waals surface area contributed by atoms with Gasteiger partial charge in [-0.05, 0) is 22.9 Å². The highest BCUT2D eigenvalue weighted by molar-refractivity contribution is 7.85. The minimum Gasteiger partial charge on any atom is -0.384 e. The molecule has 1 unspecified atom stereocenters. The van der Waals surface area contributed by atoms with Crippen LogP contribution in [0.4, 0.5) is 22.0 Å². The van der Waals surface area contributed by atoms with Crippen LogP contribution in [0.5, 0.6) is 0 Å². The minimum absolute atomic E-state index is 0.385. The lowest BCUT2D eigenvalue weighted by Gasteiger charge is -2.06. The van der Waals surface area contributed by atoms with Gasteiger partial charge in [0.2, 0.25) is 5.82 Å². The highest BCUT2D eigenvalue weighted by Crippen LogP contribution is 2.25. The molecule has 8 heteroatoms. The predicted octanol–water partition coefficient (Wildman–Crippen LogP) is 4.04. The minimum atomic E-state index is -2.59. The second-order valence-electron chi connectivity index (χ2n) is 5.90. The van der Waals surface area contributed by atoms with E-state index in [0.717, 1.165) is 10.8 Å². The molecule has 152 valence electrons. The van der Waals surface area contributed by atoms with E-state index in [2.05, 4.69) is 23.7 Å². The van der Waals surface area contributed by atoms with Crippen LogP contribution in [0.15, 0.2) is 41.3 Å². The van der Waals surface area contributed by atoms with E-state index >= 15 is 0 Å². The third-order valence-electron chi connectivity index (χ3n) is 4.01. The Labute approximate surface area is 170 Å². The van der Waals surface area contributed by atoms with Gasteiger partial charge in [-0.2, -0.15) is 0 Å². The number of fused-ring (bicyclic) bond motifs is 1. The van der Waals surface area contributed by atoms with Crippen LogP contribution in [-0.2, 0) is 10.8 Å². The molecular formula is C22H11F5O2S. The zero-order chi connectivity index (χ0) is 21.8. The fourth-order valence-corrected chi connectivity index (χ4v) is 3.56. The van der Waals surface area contributed by atoms with E-state index in [-0.39, 0.29) is 6.61 Å². The van der Waals surface area contributed by atoms with Crippen molar-refractivity contribution in [2.75, 3.05) is 12.4 Å². The monoisotopic (exact) mass is 434 g/mol. The Bertz CT molecular complexity index is 1270. The van der Waals surface area contributed by atoms with E-state index < -0.39 is 50.5 Å². The molecule has 0 heterocycles. The first-order valence-electron chi connectivity index (χ1n) is 8.36. The molecule has 0 saturated carbocycles. The second-order valence-corrected chi connectivity index (χ2v) is 7.28. The molecule has 0 aliphatic carbocycles. The number of hydrogen-bond donors (Lipinski definition) is 1. The van der Waals surface area contributed by atoms with Crippen LogP contribution in [0.3, 0.4) is 0 Å². The summed E-state index contributed by atoms with van der Waals surface area (Å²) in [6, 6.07) is 10.7. The van der Waals surface area contributed by atoms with Crippen molar-refractivity contribution in [2.45, 2.75) is 4.90 Å². The maximum absolute atomic E-state index is 13.8. The summed E-state index contributed by atoms with van der Waals surface area (Å²) in [4.78, 5) is -1.42. The van der Waals surface area contributed by atoms with Gasteiger partial charge in [-0.15, -0.1) is 0 Å². The van der Waals surface area contributed by atoms with Crippen LogP contribution in [-0.4, -0.2) is 21.7 Å². The van der Waals surface area contributed by atoms with Crippen LogP contribution in [0.1, 0.15) is 11.1 Å². The summed E-state index contributed by atoms with van der Waals surface area (Å²) >= 11 is 0. The molecule has 1 atom stereocenters. The first kappa shape index (κ1) is 21.5. The van der Waals surface area contributed by atoms with Crippen molar-refractivity contribution in [3.63, 3.8) is 0 Å². The number of rotatable bonds is 2. The molecule has 2 nitrogen and oxygen atoms in total. The topological polar surface area (TPSA) is 37.3 Å². The summed E-state index contributed by atoms with van der Waals surface area (Å²) in [7, 11) is -2.59. The molecule has 0 amide bonds. The molecule has 0 aromatic heterocycles. The van der Waals surface area contributed by atoms with Gasteiger partial charge in [0.15, 0.2) is 23.3 Å². The predicted molar refractivity (Wildman–Crippen MR) is 102 cm³/mol. The highest BCUT2D eigenvalue weighted by atomic mass is 32.2. The third-order valence-corrected chi connectivity index (χ3v) is 5.23. The number of benzene rings is 3. The SMILES string of the molecule is O=S(CC#Cc1cc2ccccc2cc1C#CCO)c1c(F)c(F)c(F)c(F)c1F. The molecule has 0 radical (unpaired) electrons. The largest absolute Gasteiger partial charge is 0.384 e. The lowest BCUT2D eigenvalue weighted by molar-refractivity contribution is 0.350. The van der Waals surface area contributed by atoms with Crippen LogP contribution in [0, 0.1) is 52.8 Å². The quantitative estimate of drug-likeness (QED) is 0.286. The standard InChI is InChI=1S/C22H11F5O2S/c23-17-18(24)20(26)22(21(27)19(17)25)30(29)10-4-8-16-12-14-6-2-1-5-13(14)11-15(16)7-3-9-28/h1-2,5-6,11-12,28H,9-10H2. The van der Waals surface area contributed by atoms with E-state index in [9.17, 15) is 26.2 Å². The molecule has 0 bridgehead atoms. The van der Waals surface area contributed by atoms with Crippen LogP contribution in [0.2, 0.25) is 0 Å². The van der Waals surface area contributed by atoms with Gasteiger partial charge in [0.1, 0.15) is 11.5 Å². The number of halogens is 5. The highest BCUT2D eigenvalue weighted by Gasteiger charge is 2.28. The summed E-state index contributed by atoms with van der Waals surface area (Å²) in [5.74, 6) is -1.30. The van der Waals surface area contributed by atoms with Crippen molar-refractivity contribution < 1.29 is 31.3 Å². The van der Waals surface area contributed by atoms with Crippen LogP contribution >= 0.6 is 0 Å². The number of aliphatic hydroxyl groups is 1. The lowest BCUT2D eigenvalue weighted by Crippen LogP contribution is -2.10. The molecule has 0 spiro atoms. The average molecular weight is 434 g/mol. The summed E-state index contributed by atoms with van der Waals surface area (Å²) < 4.78 is 79.5.